The number of pyridine rings is 1. The van der Waals surface area contributed by atoms with E-state index in [0.29, 0.717) is 11.3 Å². The molecule has 0 amide bonds. The molecule has 120 valence electrons. The van der Waals surface area contributed by atoms with Crippen LogP contribution >= 0.6 is 0 Å². The number of hydrogen-bond donors (Lipinski definition) is 1. The monoisotopic (exact) mass is 309 g/mol. The molecule has 2 aliphatic carbocycles. The molecule has 3 heterocycles. The molecule has 1 spiro atoms. The molecule has 5 rings (SSSR count). The van der Waals surface area contributed by atoms with Crippen molar-refractivity contribution in [1.82, 2.24) is 14.5 Å². The molecular formula is C19H23N3O. The third-order valence-electron chi connectivity index (χ3n) is 6.49. The highest BCUT2D eigenvalue weighted by Gasteiger charge is 2.46. The molecule has 4 nitrogen and oxygen atoms in total. The smallest absolute Gasteiger partial charge is 0.0957 e. The lowest BCUT2D eigenvalue weighted by Crippen LogP contribution is -2.28. The van der Waals surface area contributed by atoms with Crippen LogP contribution in [0.2, 0.25) is 0 Å². The Labute approximate surface area is 136 Å². The molecule has 0 saturated heterocycles. The Bertz CT molecular complexity index is 724. The van der Waals surface area contributed by atoms with Gasteiger partial charge in [0.1, 0.15) is 0 Å². The van der Waals surface area contributed by atoms with E-state index >= 15 is 0 Å². The van der Waals surface area contributed by atoms with E-state index in [-0.39, 0.29) is 12.1 Å². The van der Waals surface area contributed by atoms with Gasteiger partial charge in [-0.05, 0) is 62.0 Å². The maximum atomic E-state index is 10.9. The predicted octanol–water partition coefficient (Wildman–Crippen LogP) is 3.57. The third kappa shape index (κ3) is 2.15. The minimum Gasteiger partial charge on any atom is -0.393 e. The van der Waals surface area contributed by atoms with E-state index in [4.69, 9.17) is 0 Å². The van der Waals surface area contributed by atoms with Crippen LogP contribution in [0.1, 0.15) is 56.7 Å². The molecule has 2 saturated carbocycles. The summed E-state index contributed by atoms with van der Waals surface area (Å²) < 4.78 is 2.19. The first kappa shape index (κ1) is 13.7. The van der Waals surface area contributed by atoms with Gasteiger partial charge in [0.05, 0.1) is 36.1 Å². The van der Waals surface area contributed by atoms with Gasteiger partial charge >= 0.3 is 0 Å². The van der Waals surface area contributed by atoms with Crippen LogP contribution in [-0.4, -0.2) is 25.7 Å². The van der Waals surface area contributed by atoms with Crippen molar-refractivity contribution in [1.29, 1.82) is 0 Å². The highest BCUT2D eigenvalue weighted by atomic mass is 16.3. The maximum Gasteiger partial charge on any atom is 0.0957 e. The summed E-state index contributed by atoms with van der Waals surface area (Å²) in [5, 5.41) is 10.9. The van der Waals surface area contributed by atoms with Gasteiger partial charge in [0.25, 0.3) is 0 Å². The zero-order chi connectivity index (χ0) is 15.4. The molecule has 2 aromatic rings. The van der Waals surface area contributed by atoms with Crippen LogP contribution in [0.4, 0.5) is 0 Å². The second kappa shape index (κ2) is 4.91. The SMILES string of the molecule is O[C@H](C[C@@H]1c2ncccc2-c2cncn21)C1CCC2(CC1)CC2. The van der Waals surface area contributed by atoms with Crippen molar-refractivity contribution in [3.63, 3.8) is 0 Å². The molecule has 2 atom stereocenters. The molecule has 3 aliphatic rings. The molecule has 0 unspecified atom stereocenters. The van der Waals surface area contributed by atoms with Crippen molar-refractivity contribution < 1.29 is 5.11 Å². The fourth-order valence-corrected chi connectivity index (χ4v) is 4.75. The molecule has 2 fully saturated rings. The summed E-state index contributed by atoms with van der Waals surface area (Å²) in [4.78, 5) is 8.89. The molecule has 2 aromatic heterocycles. The summed E-state index contributed by atoms with van der Waals surface area (Å²) in [6.45, 7) is 0. The molecule has 1 N–H and O–H groups in total. The topological polar surface area (TPSA) is 50.9 Å². The van der Waals surface area contributed by atoms with E-state index in [2.05, 4.69) is 20.6 Å². The lowest BCUT2D eigenvalue weighted by molar-refractivity contribution is 0.0556. The Morgan fingerprint density at radius 2 is 2.09 bits per heavy atom. The average Bonchev–Trinajstić information content (AvgIpc) is 3.06. The Kier molecular flexibility index (Phi) is 2.93. The van der Waals surface area contributed by atoms with Crippen molar-refractivity contribution in [3.8, 4) is 11.3 Å². The molecule has 0 bridgehead atoms. The molecular weight excluding hydrogens is 286 g/mol. The van der Waals surface area contributed by atoms with Crippen LogP contribution in [0.3, 0.4) is 0 Å². The number of aromatic nitrogens is 3. The van der Waals surface area contributed by atoms with Gasteiger partial charge in [-0.2, -0.15) is 0 Å². The van der Waals surface area contributed by atoms with Gasteiger partial charge in [-0.25, -0.2) is 4.98 Å². The van der Waals surface area contributed by atoms with Crippen molar-refractivity contribution >= 4 is 0 Å². The van der Waals surface area contributed by atoms with Crippen LogP contribution in [0, 0.1) is 11.3 Å². The largest absolute Gasteiger partial charge is 0.393 e. The van der Waals surface area contributed by atoms with Crippen molar-refractivity contribution in [2.24, 2.45) is 11.3 Å². The van der Waals surface area contributed by atoms with Gasteiger partial charge in [0.15, 0.2) is 0 Å². The summed E-state index contributed by atoms with van der Waals surface area (Å²) in [7, 11) is 0. The summed E-state index contributed by atoms with van der Waals surface area (Å²) in [5.74, 6) is 0.459. The summed E-state index contributed by atoms with van der Waals surface area (Å²) in [6.07, 6.45) is 14.1. The normalized spacial score (nSPS) is 26.0. The molecule has 4 heteroatoms. The van der Waals surface area contributed by atoms with Gasteiger partial charge < -0.3 is 9.67 Å². The average molecular weight is 309 g/mol. The van der Waals surface area contributed by atoms with Gasteiger partial charge in [-0.3, -0.25) is 4.98 Å². The van der Waals surface area contributed by atoms with E-state index in [0.717, 1.165) is 17.8 Å². The Morgan fingerprint density at radius 3 is 2.87 bits per heavy atom. The first-order valence-corrected chi connectivity index (χ1v) is 8.91. The first-order valence-electron chi connectivity index (χ1n) is 8.91. The lowest BCUT2D eigenvalue weighted by Gasteiger charge is -2.32. The van der Waals surface area contributed by atoms with Crippen LogP contribution in [-0.2, 0) is 0 Å². The second-order valence-electron chi connectivity index (χ2n) is 7.78. The number of rotatable bonds is 3. The van der Waals surface area contributed by atoms with Crippen LogP contribution < -0.4 is 0 Å². The summed E-state index contributed by atoms with van der Waals surface area (Å²) in [5.41, 5.74) is 4.09. The quantitative estimate of drug-likeness (QED) is 0.943. The van der Waals surface area contributed by atoms with Crippen LogP contribution in [0.5, 0.6) is 0 Å². The predicted molar refractivity (Wildman–Crippen MR) is 87.8 cm³/mol. The summed E-state index contributed by atoms with van der Waals surface area (Å²) >= 11 is 0. The highest BCUT2D eigenvalue weighted by molar-refractivity contribution is 5.66. The summed E-state index contributed by atoms with van der Waals surface area (Å²) in [6, 6.07) is 4.22. The highest BCUT2D eigenvalue weighted by Crippen LogP contribution is 2.57. The first-order chi connectivity index (χ1) is 11.3. The van der Waals surface area contributed by atoms with Crippen molar-refractivity contribution in [2.75, 3.05) is 0 Å². The van der Waals surface area contributed by atoms with E-state index in [9.17, 15) is 5.11 Å². The molecule has 0 aromatic carbocycles. The van der Waals surface area contributed by atoms with E-state index in [1.165, 1.54) is 44.1 Å². The van der Waals surface area contributed by atoms with E-state index < -0.39 is 0 Å². The van der Waals surface area contributed by atoms with E-state index in [1.54, 1.807) is 0 Å². The molecule has 0 radical (unpaired) electrons. The van der Waals surface area contributed by atoms with Crippen LogP contribution in [0.25, 0.3) is 11.3 Å². The van der Waals surface area contributed by atoms with Crippen molar-refractivity contribution in [3.05, 3.63) is 36.5 Å². The number of hydrogen-bond acceptors (Lipinski definition) is 3. The molecule has 23 heavy (non-hydrogen) atoms. The Balaban J connectivity index is 1.36. The lowest BCUT2D eigenvalue weighted by atomic mass is 9.76. The number of nitrogens with zero attached hydrogens (tertiary/aromatic N) is 3. The zero-order valence-electron chi connectivity index (χ0n) is 13.4. The maximum absolute atomic E-state index is 10.9. The van der Waals surface area contributed by atoms with Gasteiger partial charge in [0.2, 0.25) is 0 Å². The minimum atomic E-state index is -0.237. The minimum absolute atomic E-state index is 0.135. The Morgan fingerprint density at radius 1 is 1.26 bits per heavy atom. The number of aliphatic hydroxyl groups excluding tert-OH is 1. The van der Waals surface area contributed by atoms with Gasteiger partial charge in [-0.15, -0.1) is 0 Å². The van der Waals surface area contributed by atoms with Gasteiger partial charge in [0, 0.05) is 18.2 Å². The standard InChI is InChI=1S/C19H23N3O/c23-17(13-3-5-19(6-4-13)7-8-19)10-15-18-14(2-1-9-21-18)16-11-20-12-22(15)16/h1-2,9,11-13,15,17,23H,3-8,10H2/t15-,17-/m1/s1. The second-order valence-corrected chi connectivity index (χ2v) is 7.78. The van der Waals surface area contributed by atoms with Crippen LogP contribution in [0.15, 0.2) is 30.9 Å². The number of imidazole rings is 1. The van der Waals surface area contributed by atoms with E-state index in [1.807, 2.05) is 24.8 Å². The Hall–Kier alpha value is -1.68. The molecule has 1 aliphatic heterocycles. The fraction of sp³-hybridized carbons (Fsp3) is 0.579. The van der Waals surface area contributed by atoms with Gasteiger partial charge in [-0.1, -0.05) is 0 Å². The van der Waals surface area contributed by atoms with Crippen molar-refractivity contribution in [2.45, 2.75) is 57.1 Å². The zero-order valence-corrected chi connectivity index (χ0v) is 13.4. The number of fused-ring (bicyclic) bond motifs is 3. The third-order valence-corrected chi connectivity index (χ3v) is 6.49. The fourth-order valence-electron chi connectivity index (χ4n) is 4.75. The number of aliphatic hydroxyl groups is 1.